The van der Waals surface area contributed by atoms with Crippen LogP contribution in [0.3, 0.4) is 0 Å². The zero-order chi connectivity index (χ0) is 15.4. The second-order valence-corrected chi connectivity index (χ2v) is 5.53. The van der Waals surface area contributed by atoms with Crippen LogP contribution in [0, 0.1) is 5.82 Å². The molecule has 118 valence electrons. The van der Waals surface area contributed by atoms with E-state index in [2.05, 4.69) is 14.5 Å². The van der Waals surface area contributed by atoms with Crippen LogP contribution in [0.25, 0.3) is 0 Å². The number of aliphatic hydroxyl groups excluding tert-OH is 1. The molecule has 22 heavy (non-hydrogen) atoms. The average molecular weight is 305 g/mol. The molecule has 0 fully saturated rings. The van der Waals surface area contributed by atoms with Gasteiger partial charge in [0.05, 0.1) is 25.9 Å². The number of aliphatic hydroxyl groups is 1. The number of nitrogens with zero attached hydrogens (tertiary/aromatic N) is 3. The van der Waals surface area contributed by atoms with Gasteiger partial charge in [0.25, 0.3) is 0 Å². The summed E-state index contributed by atoms with van der Waals surface area (Å²) < 4.78 is 21.0. The van der Waals surface area contributed by atoms with Crippen molar-refractivity contribution in [1.82, 2.24) is 14.5 Å². The van der Waals surface area contributed by atoms with E-state index >= 15 is 0 Å². The number of β-amino-alcohol motifs (C(OH)–C–C–N with tert-alkyl or cyclic N) is 1. The predicted molar refractivity (Wildman–Crippen MR) is 79.6 cm³/mol. The van der Waals surface area contributed by atoms with Crippen molar-refractivity contribution in [3.8, 4) is 0 Å². The third-order valence-corrected chi connectivity index (χ3v) is 3.82. The maximum atomic E-state index is 13.4. The lowest BCUT2D eigenvalue weighted by Gasteiger charge is -2.29. The monoisotopic (exact) mass is 305 g/mol. The summed E-state index contributed by atoms with van der Waals surface area (Å²) in [6, 6.07) is 6.51. The molecule has 3 rings (SSSR count). The van der Waals surface area contributed by atoms with Gasteiger partial charge in [-0.1, -0.05) is 18.2 Å². The van der Waals surface area contributed by atoms with Gasteiger partial charge >= 0.3 is 0 Å². The lowest BCUT2D eigenvalue weighted by Crippen LogP contribution is -2.40. The molecule has 5 nitrogen and oxygen atoms in total. The van der Waals surface area contributed by atoms with Gasteiger partial charge in [-0.05, 0) is 6.07 Å². The van der Waals surface area contributed by atoms with Crippen LogP contribution in [0.5, 0.6) is 0 Å². The molecular weight excluding hydrogens is 285 g/mol. The number of imidazole rings is 1. The first-order valence-corrected chi connectivity index (χ1v) is 7.44. The van der Waals surface area contributed by atoms with Crippen molar-refractivity contribution in [2.45, 2.75) is 25.8 Å². The quantitative estimate of drug-likeness (QED) is 0.877. The first kappa shape index (κ1) is 15.1. The summed E-state index contributed by atoms with van der Waals surface area (Å²) in [5.41, 5.74) is 0.509. The molecule has 2 heterocycles. The first-order valence-electron chi connectivity index (χ1n) is 7.44. The van der Waals surface area contributed by atoms with E-state index in [1.807, 2.05) is 6.20 Å². The standard InChI is InChI=1S/C16H20FN3O2/c17-15-4-2-1-3-13(15)11-22-12-14(21)9-19-7-8-20-6-5-18-16(20)10-19/h1-6,14,21H,7-12H2. The Kier molecular flexibility index (Phi) is 4.82. The van der Waals surface area contributed by atoms with Crippen molar-refractivity contribution < 1.29 is 14.2 Å². The Morgan fingerprint density at radius 2 is 2.18 bits per heavy atom. The fraction of sp³-hybridized carbons (Fsp3) is 0.438. The number of ether oxygens (including phenoxy) is 1. The van der Waals surface area contributed by atoms with Gasteiger partial charge in [0.2, 0.25) is 0 Å². The minimum Gasteiger partial charge on any atom is -0.389 e. The normalized spacial score (nSPS) is 16.5. The highest BCUT2D eigenvalue weighted by Crippen LogP contribution is 2.11. The van der Waals surface area contributed by atoms with Gasteiger partial charge in [-0.2, -0.15) is 0 Å². The number of aromatic nitrogens is 2. The zero-order valence-corrected chi connectivity index (χ0v) is 12.4. The maximum absolute atomic E-state index is 13.4. The maximum Gasteiger partial charge on any atom is 0.128 e. The van der Waals surface area contributed by atoms with Crippen LogP contribution in [0.4, 0.5) is 4.39 Å². The molecule has 6 heteroatoms. The number of halogens is 1. The van der Waals surface area contributed by atoms with E-state index in [4.69, 9.17) is 4.74 Å². The van der Waals surface area contributed by atoms with Crippen LogP contribution < -0.4 is 0 Å². The lowest BCUT2D eigenvalue weighted by molar-refractivity contribution is 0.00471. The zero-order valence-electron chi connectivity index (χ0n) is 12.4. The number of hydrogen-bond acceptors (Lipinski definition) is 4. The number of benzene rings is 1. The van der Waals surface area contributed by atoms with E-state index in [1.165, 1.54) is 6.07 Å². The van der Waals surface area contributed by atoms with Crippen molar-refractivity contribution in [2.75, 3.05) is 19.7 Å². The molecule has 1 atom stereocenters. The summed E-state index contributed by atoms with van der Waals surface area (Å²) in [6.07, 6.45) is 3.18. The highest BCUT2D eigenvalue weighted by Gasteiger charge is 2.19. The molecule has 0 spiro atoms. The number of fused-ring (bicyclic) bond motifs is 1. The Morgan fingerprint density at radius 3 is 3.05 bits per heavy atom. The summed E-state index contributed by atoms with van der Waals surface area (Å²) >= 11 is 0. The van der Waals surface area contributed by atoms with E-state index in [0.717, 1.165) is 25.5 Å². The summed E-state index contributed by atoms with van der Waals surface area (Å²) in [6.45, 7) is 3.40. The van der Waals surface area contributed by atoms with Crippen LogP contribution >= 0.6 is 0 Å². The first-order chi connectivity index (χ1) is 10.7. The van der Waals surface area contributed by atoms with Gasteiger partial charge in [-0.25, -0.2) is 9.37 Å². The molecule has 1 aliphatic rings. The molecule has 1 aromatic carbocycles. The van der Waals surface area contributed by atoms with Gasteiger partial charge in [-0.3, -0.25) is 4.90 Å². The van der Waals surface area contributed by atoms with E-state index in [0.29, 0.717) is 12.1 Å². The second-order valence-electron chi connectivity index (χ2n) is 5.53. The molecule has 0 bridgehead atoms. The Hall–Kier alpha value is -1.76. The third kappa shape index (κ3) is 3.71. The van der Waals surface area contributed by atoms with Gasteiger partial charge in [-0.15, -0.1) is 0 Å². The van der Waals surface area contributed by atoms with Crippen LogP contribution in [0.2, 0.25) is 0 Å². The highest BCUT2D eigenvalue weighted by atomic mass is 19.1. The van der Waals surface area contributed by atoms with Crippen molar-refractivity contribution in [2.24, 2.45) is 0 Å². The van der Waals surface area contributed by atoms with Gasteiger partial charge < -0.3 is 14.4 Å². The van der Waals surface area contributed by atoms with Crippen molar-refractivity contribution in [3.05, 3.63) is 53.9 Å². The van der Waals surface area contributed by atoms with Crippen molar-refractivity contribution in [1.29, 1.82) is 0 Å². The van der Waals surface area contributed by atoms with Crippen LogP contribution in [0.15, 0.2) is 36.7 Å². The molecule has 0 aliphatic carbocycles. The van der Waals surface area contributed by atoms with E-state index < -0.39 is 6.10 Å². The van der Waals surface area contributed by atoms with Gasteiger partial charge in [0, 0.05) is 37.6 Å². The largest absolute Gasteiger partial charge is 0.389 e. The average Bonchev–Trinajstić information content (AvgIpc) is 2.97. The molecule has 2 aromatic rings. The molecule has 1 aliphatic heterocycles. The predicted octanol–water partition coefficient (Wildman–Crippen LogP) is 1.42. The van der Waals surface area contributed by atoms with Crippen LogP contribution in [0.1, 0.15) is 11.4 Å². The fourth-order valence-electron chi connectivity index (χ4n) is 2.65. The van der Waals surface area contributed by atoms with Crippen molar-refractivity contribution in [3.63, 3.8) is 0 Å². The Balaban J connectivity index is 1.42. The smallest absolute Gasteiger partial charge is 0.128 e. The highest BCUT2D eigenvalue weighted by molar-refractivity contribution is 5.16. The summed E-state index contributed by atoms with van der Waals surface area (Å²) in [5.74, 6) is 0.741. The Labute approximate surface area is 129 Å². The topological polar surface area (TPSA) is 50.5 Å². The molecule has 0 amide bonds. The molecule has 0 saturated carbocycles. The van der Waals surface area contributed by atoms with E-state index in [9.17, 15) is 9.50 Å². The second kappa shape index (κ2) is 7.00. The number of hydrogen-bond donors (Lipinski definition) is 1. The summed E-state index contributed by atoms with van der Waals surface area (Å²) in [5, 5.41) is 10.1. The van der Waals surface area contributed by atoms with Crippen molar-refractivity contribution >= 4 is 0 Å². The molecule has 0 saturated heterocycles. The SMILES string of the molecule is OC(COCc1ccccc1F)CN1CCn2ccnc2C1. The molecule has 0 radical (unpaired) electrons. The third-order valence-electron chi connectivity index (χ3n) is 3.82. The lowest BCUT2D eigenvalue weighted by atomic mass is 10.2. The molecule has 1 N–H and O–H groups in total. The van der Waals surface area contributed by atoms with E-state index in [-0.39, 0.29) is 19.0 Å². The molecular formula is C16H20FN3O2. The summed E-state index contributed by atoms with van der Waals surface area (Å²) in [4.78, 5) is 6.44. The Morgan fingerprint density at radius 1 is 1.32 bits per heavy atom. The molecule has 1 aromatic heterocycles. The van der Waals surface area contributed by atoms with Crippen LogP contribution in [-0.2, 0) is 24.4 Å². The Bertz CT molecular complexity index is 617. The fourth-order valence-corrected chi connectivity index (χ4v) is 2.65. The van der Waals surface area contributed by atoms with Gasteiger partial charge in [0.1, 0.15) is 11.6 Å². The minimum absolute atomic E-state index is 0.175. The number of rotatable bonds is 6. The minimum atomic E-state index is -0.590. The molecule has 1 unspecified atom stereocenters. The van der Waals surface area contributed by atoms with E-state index in [1.54, 1.807) is 24.4 Å². The van der Waals surface area contributed by atoms with Gasteiger partial charge in [0.15, 0.2) is 0 Å². The summed E-state index contributed by atoms with van der Waals surface area (Å²) in [7, 11) is 0. The van der Waals surface area contributed by atoms with Crippen LogP contribution in [-0.4, -0.2) is 45.4 Å².